The molecule has 1 N–H and O–H groups in total. The van der Waals surface area contributed by atoms with Crippen LogP contribution in [0.3, 0.4) is 0 Å². The lowest BCUT2D eigenvalue weighted by atomic mass is 9.87. The van der Waals surface area contributed by atoms with Crippen LogP contribution in [0.2, 0.25) is 0 Å². The number of esters is 1. The summed E-state index contributed by atoms with van der Waals surface area (Å²) in [5, 5.41) is 2.75. The topological polar surface area (TPSA) is 75.7 Å². The molecular weight excluding hydrogens is 388 g/mol. The van der Waals surface area contributed by atoms with Crippen molar-refractivity contribution in [2.24, 2.45) is 0 Å². The molecule has 1 aliphatic heterocycles. The maximum Gasteiger partial charge on any atom is 0.338 e. The van der Waals surface area contributed by atoms with Gasteiger partial charge in [0.15, 0.2) is 6.61 Å². The van der Waals surface area contributed by atoms with Crippen molar-refractivity contribution in [2.45, 2.75) is 30.2 Å². The van der Waals surface area contributed by atoms with Crippen LogP contribution < -0.4 is 5.32 Å². The van der Waals surface area contributed by atoms with Gasteiger partial charge in [-0.25, -0.2) is 4.79 Å². The normalized spacial score (nSPS) is 17.6. The highest BCUT2D eigenvalue weighted by molar-refractivity contribution is 8.00. The van der Waals surface area contributed by atoms with Crippen LogP contribution in [0.4, 0.5) is 5.69 Å². The Labute approximate surface area is 173 Å². The monoisotopic (exact) mass is 410 g/mol. The number of hydrogen-bond acceptors (Lipinski definition) is 5. The SMILES string of the molecule is CN(C(=O)COC(=O)c1ccc2c(c1)NC(=O)CS2)C1CCCc2ccccc21. The largest absolute Gasteiger partial charge is 0.452 e. The first-order chi connectivity index (χ1) is 14.0. The van der Waals surface area contributed by atoms with Crippen LogP contribution in [0.5, 0.6) is 0 Å². The number of benzene rings is 2. The molecule has 1 aliphatic carbocycles. The zero-order valence-corrected chi connectivity index (χ0v) is 17.0. The van der Waals surface area contributed by atoms with Crippen LogP contribution in [-0.4, -0.2) is 42.1 Å². The van der Waals surface area contributed by atoms with Crippen molar-refractivity contribution in [2.75, 3.05) is 24.7 Å². The molecule has 0 saturated heterocycles. The van der Waals surface area contributed by atoms with Gasteiger partial charge in [-0.15, -0.1) is 11.8 Å². The van der Waals surface area contributed by atoms with Gasteiger partial charge in [0, 0.05) is 11.9 Å². The lowest BCUT2D eigenvalue weighted by molar-refractivity contribution is -0.135. The number of fused-ring (bicyclic) bond motifs is 2. The number of carbonyl (C=O) groups excluding carboxylic acids is 3. The molecule has 29 heavy (non-hydrogen) atoms. The van der Waals surface area contributed by atoms with Crippen LogP contribution in [0.1, 0.15) is 40.4 Å². The maximum absolute atomic E-state index is 12.7. The predicted octanol–water partition coefficient (Wildman–Crippen LogP) is 3.42. The molecule has 1 unspecified atom stereocenters. The van der Waals surface area contributed by atoms with E-state index in [4.69, 9.17) is 4.74 Å². The number of aryl methyl sites for hydroxylation is 1. The van der Waals surface area contributed by atoms with Crippen LogP contribution in [0, 0.1) is 0 Å². The molecule has 1 heterocycles. The van der Waals surface area contributed by atoms with Crippen molar-refractivity contribution in [1.29, 1.82) is 0 Å². The summed E-state index contributed by atoms with van der Waals surface area (Å²) in [5.74, 6) is -0.551. The molecule has 0 radical (unpaired) electrons. The Hall–Kier alpha value is -2.80. The smallest absolute Gasteiger partial charge is 0.338 e. The van der Waals surface area contributed by atoms with Crippen LogP contribution in [-0.2, 0) is 20.7 Å². The highest BCUT2D eigenvalue weighted by Crippen LogP contribution is 2.34. The van der Waals surface area contributed by atoms with Gasteiger partial charge in [0.25, 0.3) is 5.91 Å². The lowest BCUT2D eigenvalue weighted by Gasteiger charge is -2.33. The van der Waals surface area contributed by atoms with Crippen molar-refractivity contribution in [1.82, 2.24) is 4.90 Å². The number of anilines is 1. The quantitative estimate of drug-likeness (QED) is 0.782. The molecule has 2 aromatic carbocycles. The third kappa shape index (κ3) is 4.15. The fourth-order valence-electron chi connectivity index (χ4n) is 3.83. The van der Waals surface area contributed by atoms with Crippen LogP contribution in [0.15, 0.2) is 47.4 Å². The van der Waals surface area contributed by atoms with Gasteiger partial charge in [0.05, 0.1) is 23.0 Å². The summed E-state index contributed by atoms with van der Waals surface area (Å²) in [6.07, 6.45) is 2.95. The highest BCUT2D eigenvalue weighted by atomic mass is 32.2. The van der Waals surface area contributed by atoms with E-state index >= 15 is 0 Å². The zero-order chi connectivity index (χ0) is 20.4. The van der Waals surface area contributed by atoms with E-state index in [1.54, 1.807) is 30.1 Å². The Balaban J connectivity index is 1.39. The Morgan fingerprint density at radius 3 is 2.93 bits per heavy atom. The number of likely N-dealkylation sites (N-methyl/N-ethyl adjacent to an activating group) is 1. The minimum atomic E-state index is -0.580. The second-order valence-corrected chi connectivity index (χ2v) is 8.25. The number of thioether (sulfide) groups is 1. The van der Waals surface area contributed by atoms with Gasteiger partial charge in [-0.2, -0.15) is 0 Å². The van der Waals surface area contributed by atoms with Gasteiger partial charge in [-0.3, -0.25) is 9.59 Å². The lowest BCUT2D eigenvalue weighted by Crippen LogP contribution is -2.36. The Kier molecular flexibility index (Phi) is 5.58. The second kappa shape index (κ2) is 8.29. The van der Waals surface area contributed by atoms with E-state index in [0.717, 1.165) is 24.2 Å². The van der Waals surface area contributed by atoms with Crippen LogP contribution >= 0.6 is 11.8 Å². The number of ether oxygens (including phenoxy) is 1. The third-order valence-corrected chi connectivity index (χ3v) is 6.45. The Morgan fingerprint density at radius 2 is 2.07 bits per heavy atom. The number of amides is 2. The third-order valence-electron chi connectivity index (χ3n) is 5.37. The Bertz CT molecular complexity index is 975. The number of carbonyl (C=O) groups is 3. The first-order valence-corrected chi connectivity index (χ1v) is 10.6. The maximum atomic E-state index is 12.7. The molecule has 0 aromatic heterocycles. The number of nitrogens with zero attached hydrogens (tertiary/aromatic N) is 1. The molecule has 0 fully saturated rings. The molecule has 150 valence electrons. The number of hydrogen-bond donors (Lipinski definition) is 1. The van der Waals surface area contributed by atoms with Gasteiger partial charge < -0.3 is 15.0 Å². The van der Waals surface area contributed by atoms with E-state index in [-0.39, 0.29) is 24.5 Å². The van der Waals surface area contributed by atoms with Gasteiger partial charge in [-0.1, -0.05) is 24.3 Å². The highest BCUT2D eigenvalue weighted by Gasteiger charge is 2.27. The van der Waals surface area contributed by atoms with Crippen LogP contribution in [0.25, 0.3) is 0 Å². The van der Waals surface area contributed by atoms with Gasteiger partial charge in [0.2, 0.25) is 5.91 Å². The summed E-state index contributed by atoms with van der Waals surface area (Å²) >= 11 is 1.42. The molecule has 0 saturated carbocycles. The van der Waals surface area contributed by atoms with Crippen molar-refractivity contribution < 1.29 is 19.1 Å². The van der Waals surface area contributed by atoms with Crippen molar-refractivity contribution in [3.05, 3.63) is 59.2 Å². The molecule has 4 rings (SSSR count). The van der Waals surface area contributed by atoms with Crippen molar-refractivity contribution in [3.63, 3.8) is 0 Å². The van der Waals surface area contributed by atoms with E-state index < -0.39 is 5.97 Å². The van der Waals surface area contributed by atoms with E-state index in [2.05, 4.69) is 17.4 Å². The van der Waals surface area contributed by atoms with E-state index in [9.17, 15) is 14.4 Å². The molecule has 2 aliphatic rings. The minimum Gasteiger partial charge on any atom is -0.452 e. The standard InChI is InChI=1S/C22H22N2O4S/c1-24(18-8-4-6-14-5-2-3-7-16(14)18)21(26)12-28-22(27)15-9-10-19-17(11-15)23-20(25)13-29-19/h2-3,5,7,9-11,18H,4,6,8,12-13H2,1H3,(H,23,25). The molecular formula is C22H22N2O4S. The van der Waals surface area contributed by atoms with E-state index in [0.29, 0.717) is 17.0 Å². The summed E-state index contributed by atoms with van der Waals surface area (Å²) in [7, 11) is 1.76. The molecule has 6 nitrogen and oxygen atoms in total. The summed E-state index contributed by atoms with van der Waals surface area (Å²) in [4.78, 5) is 39.2. The fraction of sp³-hybridized carbons (Fsp3) is 0.318. The molecule has 0 bridgehead atoms. The van der Waals surface area contributed by atoms with Crippen molar-refractivity contribution >= 4 is 35.2 Å². The first kappa shape index (κ1) is 19.5. The average Bonchev–Trinajstić information content (AvgIpc) is 2.75. The minimum absolute atomic E-state index is 0.00198. The van der Waals surface area contributed by atoms with Gasteiger partial charge >= 0.3 is 5.97 Å². The molecule has 2 amide bonds. The second-order valence-electron chi connectivity index (χ2n) is 7.24. The summed E-state index contributed by atoms with van der Waals surface area (Å²) in [6.45, 7) is -0.313. The predicted molar refractivity (Wildman–Crippen MR) is 111 cm³/mol. The number of rotatable bonds is 4. The summed E-state index contributed by atoms with van der Waals surface area (Å²) in [5.41, 5.74) is 3.35. The van der Waals surface area contributed by atoms with Gasteiger partial charge in [0.1, 0.15) is 0 Å². The summed E-state index contributed by atoms with van der Waals surface area (Å²) in [6, 6.07) is 13.2. The molecule has 2 aromatic rings. The van der Waals surface area contributed by atoms with E-state index in [1.165, 1.54) is 22.9 Å². The molecule has 7 heteroatoms. The fourth-order valence-corrected chi connectivity index (χ4v) is 4.62. The first-order valence-electron chi connectivity index (χ1n) is 9.60. The Morgan fingerprint density at radius 1 is 1.24 bits per heavy atom. The zero-order valence-electron chi connectivity index (χ0n) is 16.1. The number of nitrogens with one attached hydrogen (secondary N) is 1. The average molecular weight is 410 g/mol. The van der Waals surface area contributed by atoms with Gasteiger partial charge in [-0.05, 0) is 48.6 Å². The molecule has 0 spiro atoms. The molecule has 1 atom stereocenters. The summed E-state index contributed by atoms with van der Waals surface area (Å²) < 4.78 is 5.26. The van der Waals surface area contributed by atoms with E-state index in [1.807, 2.05) is 12.1 Å². The van der Waals surface area contributed by atoms with Crippen molar-refractivity contribution in [3.8, 4) is 0 Å².